The molecule has 0 aromatic heterocycles. The molecule has 0 unspecified atom stereocenters. The van der Waals surface area contributed by atoms with E-state index in [1.807, 2.05) is 12.1 Å². The standard InChI is InChI=1S/C34H52O5/c1-4-5-8-11-27-12-14-28(15-13-27)29-16-22-32(23-17-29)39-34(36)30-18-20-31(21-19-30)37-24-9-6-7-10-25-38-33(35)26(2)3/h16-17,22-23,27-28,30-31H,2,4-15,18-21,24-25H2,1,3H3. The molecule has 39 heavy (non-hydrogen) atoms. The number of ether oxygens (including phenoxy) is 3. The number of unbranched alkanes of at least 4 members (excludes halogenated alkanes) is 5. The molecule has 2 aliphatic rings. The third kappa shape index (κ3) is 11.5. The maximum atomic E-state index is 12.8. The van der Waals surface area contributed by atoms with Crippen molar-refractivity contribution in [3.63, 3.8) is 0 Å². The molecule has 1 aromatic rings. The molecule has 2 fully saturated rings. The molecule has 0 N–H and O–H groups in total. The molecule has 2 saturated carbocycles. The lowest BCUT2D eigenvalue weighted by molar-refractivity contribution is -0.141. The lowest BCUT2D eigenvalue weighted by atomic mass is 9.77. The van der Waals surface area contributed by atoms with E-state index in [1.165, 1.54) is 56.9 Å². The summed E-state index contributed by atoms with van der Waals surface area (Å²) < 4.78 is 16.9. The van der Waals surface area contributed by atoms with Gasteiger partial charge in [-0.15, -0.1) is 0 Å². The summed E-state index contributed by atoms with van der Waals surface area (Å²) in [4.78, 5) is 24.1. The molecular formula is C34H52O5. The Morgan fingerprint density at radius 2 is 1.49 bits per heavy atom. The zero-order chi connectivity index (χ0) is 27.9. The van der Waals surface area contributed by atoms with Crippen LogP contribution in [0.25, 0.3) is 0 Å². The first-order chi connectivity index (χ1) is 19.0. The van der Waals surface area contributed by atoms with E-state index >= 15 is 0 Å². The number of rotatable bonds is 16. The molecule has 1 aromatic carbocycles. The second-order valence-corrected chi connectivity index (χ2v) is 11.9. The zero-order valence-corrected chi connectivity index (χ0v) is 24.6. The van der Waals surface area contributed by atoms with Gasteiger partial charge in [0.05, 0.1) is 18.6 Å². The number of carbonyl (C=O) groups excluding carboxylic acids is 2. The van der Waals surface area contributed by atoms with E-state index in [0.717, 1.165) is 63.9 Å². The summed E-state index contributed by atoms with van der Waals surface area (Å²) in [6, 6.07) is 8.31. The van der Waals surface area contributed by atoms with Crippen LogP contribution in [0.2, 0.25) is 0 Å². The average molecular weight is 541 g/mol. The fourth-order valence-corrected chi connectivity index (χ4v) is 6.04. The maximum Gasteiger partial charge on any atom is 0.333 e. The molecule has 2 aliphatic carbocycles. The number of esters is 2. The van der Waals surface area contributed by atoms with Gasteiger partial charge in [0.1, 0.15) is 5.75 Å². The minimum absolute atomic E-state index is 0.0329. The highest BCUT2D eigenvalue weighted by molar-refractivity contribution is 5.86. The van der Waals surface area contributed by atoms with Gasteiger partial charge in [-0.3, -0.25) is 4.79 Å². The molecule has 0 spiro atoms. The molecule has 0 radical (unpaired) electrons. The third-order valence-corrected chi connectivity index (χ3v) is 8.61. The van der Waals surface area contributed by atoms with Gasteiger partial charge in [0.15, 0.2) is 0 Å². The van der Waals surface area contributed by atoms with Crippen LogP contribution in [0.15, 0.2) is 36.4 Å². The lowest BCUT2D eigenvalue weighted by Crippen LogP contribution is -2.29. The second kappa shape index (κ2) is 17.5. The van der Waals surface area contributed by atoms with Crippen LogP contribution in [0, 0.1) is 11.8 Å². The van der Waals surface area contributed by atoms with Crippen LogP contribution in [0.3, 0.4) is 0 Å². The summed E-state index contributed by atoms with van der Waals surface area (Å²) in [5.74, 6) is 1.81. The van der Waals surface area contributed by atoms with Gasteiger partial charge in [-0.05, 0) is 107 Å². The van der Waals surface area contributed by atoms with Crippen LogP contribution in [0.5, 0.6) is 5.75 Å². The van der Waals surface area contributed by atoms with E-state index in [4.69, 9.17) is 14.2 Å². The molecule has 3 rings (SSSR count). The Kier molecular flexibility index (Phi) is 14.1. The van der Waals surface area contributed by atoms with Gasteiger partial charge in [-0.1, -0.05) is 57.7 Å². The Labute approximate surface area is 237 Å². The van der Waals surface area contributed by atoms with E-state index in [9.17, 15) is 9.59 Å². The summed E-state index contributed by atoms with van der Waals surface area (Å²) in [5.41, 5.74) is 1.84. The van der Waals surface area contributed by atoms with E-state index < -0.39 is 0 Å². The van der Waals surface area contributed by atoms with Gasteiger partial charge >= 0.3 is 11.9 Å². The molecule has 0 heterocycles. The van der Waals surface area contributed by atoms with Crippen LogP contribution in [-0.2, 0) is 19.1 Å². The molecule has 5 heteroatoms. The molecule has 0 aliphatic heterocycles. The fourth-order valence-electron chi connectivity index (χ4n) is 6.04. The van der Waals surface area contributed by atoms with Gasteiger partial charge < -0.3 is 14.2 Å². The van der Waals surface area contributed by atoms with Crippen molar-refractivity contribution in [2.24, 2.45) is 11.8 Å². The van der Waals surface area contributed by atoms with Crippen molar-refractivity contribution in [2.45, 2.75) is 129 Å². The summed E-state index contributed by atoms with van der Waals surface area (Å²) in [5, 5.41) is 0. The van der Waals surface area contributed by atoms with Crippen LogP contribution < -0.4 is 4.74 Å². The molecule has 0 bridgehead atoms. The first-order valence-electron chi connectivity index (χ1n) is 15.7. The van der Waals surface area contributed by atoms with Crippen molar-refractivity contribution in [3.05, 3.63) is 42.0 Å². The van der Waals surface area contributed by atoms with Crippen molar-refractivity contribution >= 4 is 11.9 Å². The normalized spacial score (nSPS) is 23.2. The first kappa shape index (κ1) is 31.4. The van der Waals surface area contributed by atoms with E-state index in [0.29, 0.717) is 23.8 Å². The number of carbonyl (C=O) groups is 2. The summed E-state index contributed by atoms with van der Waals surface area (Å²) in [6.45, 7) is 8.73. The number of benzene rings is 1. The maximum absolute atomic E-state index is 12.8. The third-order valence-electron chi connectivity index (χ3n) is 8.61. The first-order valence-corrected chi connectivity index (χ1v) is 15.7. The number of hydrogen-bond donors (Lipinski definition) is 0. The molecule has 5 nitrogen and oxygen atoms in total. The smallest absolute Gasteiger partial charge is 0.333 e. The van der Waals surface area contributed by atoms with E-state index in [2.05, 4.69) is 25.6 Å². The summed E-state index contributed by atoms with van der Waals surface area (Å²) >= 11 is 0. The topological polar surface area (TPSA) is 61.8 Å². The Hall–Kier alpha value is -2.14. The van der Waals surface area contributed by atoms with E-state index in [1.54, 1.807) is 6.92 Å². The molecule has 0 saturated heterocycles. The van der Waals surface area contributed by atoms with Crippen molar-refractivity contribution in [1.29, 1.82) is 0 Å². The minimum Gasteiger partial charge on any atom is -0.462 e. The zero-order valence-electron chi connectivity index (χ0n) is 24.6. The Balaban J connectivity index is 1.25. The second-order valence-electron chi connectivity index (χ2n) is 11.9. The fraction of sp³-hybridized carbons (Fsp3) is 0.706. The highest BCUT2D eigenvalue weighted by Gasteiger charge is 2.28. The summed E-state index contributed by atoms with van der Waals surface area (Å²) in [6.07, 6.45) is 18.4. The van der Waals surface area contributed by atoms with Gasteiger partial charge in [0.2, 0.25) is 0 Å². The van der Waals surface area contributed by atoms with Crippen LogP contribution in [0.1, 0.15) is 128 Å². The highest BCUT2D eigenvalue weighted by Crippen LogP contribution is 2.38. The van der Waals surface area contributed by atoms with Crippen molar-refractivity contribution in [2.75, 3.05) is 13.2 Å². The molecule has 0 atom stereocenters. The van der Waals surface area contributed by atoms with Crippen molar-refractivity contribution in [1.82, 2.24) is 0 Å². The van der Waals surface area contributed by atoms with Gasteiger partial charge in [-0.2, -0.15) is 0 Å². The van der Waals surface area contributed by atoms with Crippen LogP contribution in [-0.4, -0.2) is 31.3 Å². The minimum atomic E-state index is -0.309. The van der Waals surface area contributed by atoms with Crippen molar-refractivity contribution < 1.29 is 23.8 Å². The van der Waals surface area contributed by atoms with Gasteiger partial charge in [0, 0.05) is 12.2 Å². The Morgan fingerprint density at radius 3 is 2.13 bits per heavy atom. The SMILES string of the molecule is C=C(C)C(=O)OCCCCCCOC1CCC(C(=O)Oc2ccc(C3CCC(CCCCC)CC3)cc2)CC1. The predicted molar refractivity (Wildman–Crippen MR) is 157 cm³/mol. The summed E-state index contributed by atoms with van der Waals surface area (Å²) in [7, 11) is 0. The lowest BCUT2D eigenvalue weighted by Gasteiger charge is -2.29. The van der Waals surface area contributed by atoms with E-state index in [-0.39, 0.29) is 24.0 Å². The average Bonchev–Trinajstić information content (AvgIpc) is 2.95. The molecular weight excluding hydrogens is 488 g/mol. The quantitative estimate of drug-likeness (QED) is 0.0908. The van der Waals surface area contributed by atoms with Crippen LogP contribution >= 0.6 is 0 Å². The monoisotopic (exact) mass is 540 g/mol. The number of hydrogen-bond acceptors (Lipinski definition) is 5. The largest absolute Gasteiger partial charge is 0.462 e. The van der Waals surface area contributed by atoms with Gasteiger partial charge in [0.25, 0.3) is 0 Å². The van der Waals surface area contributed by atoms with Gasteiger partial charge in [-0.25, -0.2) is 4.79 Å². The Morgan fingerprint density at radius 1 is 0.821 bits per heavy atom. The van der Waals surface area contributed by atoms with Crippen molar-refractivity contribution in [3.8, 4) is 5.75 Å². The van der Waals surface area contributed by atoms with Crippen LogP contribution in [0.4, 0.5) is 0 Å². The predicted octanol–water partition coefficient (Wildman–Crippen LogP) is 8.70. The Bertz CT molecular complexity index is 860. The highest BCUT2D eigenvalue weighted by atomic mass is 16.5. The molecule has 218 valence electrons. The molecule has 0 amide bonds.